The first kappa shape index (κ1) is 38.8. The second-order valence-corrected chi connectivity index (χ2v) is 8.76. The fourth-order valence-electron chi connectivity index (χ4n) is 2.57. The van der Waals surface area contributed by atoms with Crippen molar-refractivity contribution in [3.8, 4) is 5.75 Å². The Morgan fingerprint density at radius 3 is 1.97 bits per heavy atom. The van der Waals surface area contributed by atoms with E-state index in [4.69, 9.17) is 14.6 Å². The van der Waals surface area contributed by atoms with Crippen LogP contribution in [0.15, 0.2) is 77.7 Å². The van der Waals surface area contributed by atoms with E-state index >= 15 is 0 Å². The Hall–Kier alpha value is -2.72. The molecular weight excluding hydrogens is 476 g/mol. The SMILES string of the molecule is C/C=C/SC(=C(C)C)c1ccccc1C.C/C=C\C.CC.CCc1cccc(O[C@@H](C)CC)c1.O=CO. The summed E-state index contributed by atoms with van der Waals surface area (Å²) in [6, 6.07) is 16.9. The Morgan fingerprint density at radius 1 is 0.973 bits per heavy atom. The van der Waals surface area contributed by atoms with Crippen LogP contribution < -0.4 is 4.74 Å². The van der Waals surface area contributed by atoms with Crippen molar-refractivity contribution in [2.75, 3.05) is 0 Å². The lowest BCUT2D eigenvalue weighted by Gasteiger charge is -2.12. The van der Waals surface area contributed by atoms with E-state index in [1.807, 2.05) is 52.8 Å². The maximum Gasteiger partial charge on any atom is 0.290 e. The van der Waals surface area contributed by atoms with Gasteiger partial charge in [-0.3, -0.25) is 4.79 Å². The highest BCUT2D eigenvalue weighted by Crippen LogP contribution is 2.33. The lowest BCUT2D eigenvalue weighted by Crippen LogP contribution is -2.09. The third-order valence-electron chi connectivity index (χ3n) is 4.72. The summed E-state index contributed by atoms with van der Waals surface area (Å²) in [4.78, 5) is 9.73. The molecule has 4 heteroatoms. The minimum Gasteiger partial charge on any atom is -0.491 e. The van der Waals surface area contributed by atoms with Gasteiger partial charge in [-0.15, -0.1) is 0 Å². The third-order valence-corrected chi connectivity index (χ3v) is 5.99. The number of benzene rings is 2. The summed E-state index contributed by atoms with van der Waals surface area (Å²) in [6.45, 7) is 22.7. The molecule has 0 amide bonds. The van der Waals surface area contributed by atoms with Gasteiger partial charge in [0.1, 0.15) is 5.75 Å². The second-order valence-electron chi connectivity index (χ2n) is 7.84. The molecule has 0 aromatic heterocycles. The van der Waals surface area contributed by atoms with Crippen LogP contribution in [0.3, 0.4) is 0 Å². The maximum absolute atomic E-state index is 8.36. The zero-order chi connectivity index (χ0) is 29.1. The Morgan fingerprint density at radius 2 is 1.54 bits per heavy atom. The van der Waals surface area contributed by atoms with Gasteiger partial charge >= 0.3 is 0 Å². The molecule has 0 aliphatic rings. The Balaban J connectivity index is -0.000000477. The van der Waals surface area contributed by atoms with Crippen molar-refractivity contribution in [1.29, 1.82) is 0 Å². The highest BCUT2D eigenvalue weighted by molar-refractivity contribution is 8.10. The molecule has 3 nitrogen and oxygen atoms in total. The van der Waals surface area contributed by atoms with Crippen LogP contribution in [0.4, 0.5) is 0 Å². The topological polar surface area (TPSA) is 46.5 Å². The van der Waals surface area contributed by atoms with E-state index in [0.29, 0.717) is 6.10 Å². The fraction of sp³-hybridized carbons (Fsp3) is 0.424. The van der Waals surface area contributed by atoms with Gasteiger partial charge in [0, 0.05) is 4.91 Å². The van der Waals surface area contributed by atoms with Crippen molar-refractivity contribution in [2.45, 2.75) is 95.1 Å². The van der Waals surface area contributed by atoms with Gasteiger partial charge in [-0.05, 0) is 95.5 Å². The van der Waals surface area contributed by atoms with Crippen molar-refractivity contribution in [3.63, 3.8) is 0 Å². The number of hydrogen-bond acceptors (Lipinski definition) is 3. The molecule has 0 saturated carbocycles. The number of hydrogen-bond donors (Lipinski definition) is 1. The van der Waals surface area contributed by atoms with Crippen molar-refractivity contribution in [1.82, 2.24) is 0 Å². The predicted molar refractivity (Wildman–Crippen MR) is 169 cm³/mol. The largest absolute Gasteiger partial charge is 0.491 e. The second kappa shape index (κ2) is 27.9. The minimum absolute atomic E-state index is 0.250. The molecule has 0 spiro atoms. The first-order valence-corrected chi connectivity index (χ1v) is 14.1. The molecule has 2 aromatic carbocycles. The Labute approximate surface area is 232 Å². The number of aryl methyl sites for hydroxylation is 2. The molecule has 0 radical (unpaired) electrons. The molecule has 208 valence electrons. The van der Waals surface area contributed by atoms with E-state index in [1.165, 1.54) is 27.2 Å². The zero-order valence-electron chi connectivity index (χ0n) is 25.2. The fourth-order valence-corrected chi connectivity index (χ4v) is 3.43. The van der Waals surface area contributed by atoms with Gasteiger partial charge in [0.15, 0.2) is 0 Å². The molecule has 1 N–H and O–H groups in total. The van der Waals surface area contributed by atoms with Crippen LogP contribution in [0, 0.1) is 6.92 Å². The van der Waals surface area contributed by atoms with E-state index in [9.17, 15) is 0 Å². The van der Waals surface area contributed by atoms with Gasteiger partial charge < -0.3 is 9.84 Å². The molecule has 0 fully saturated rings. The van der Waals surface area contributed by atoms with E-state index in [1.54, 1.807) is 11.8 Å². The summed E-state index contributed by atoms with van der Waals surface area (Å²) < 4.78 is 5.71. The number of thioether (sulfide) groups is 1. The average Bonchev–Trinajstić information content (AvgIpc) is 2.92. The van der Waals surface area contributed by atoms with Gasteiger partial charge in [0.25, 0.3) is 6.47 Å². The van der Waals surface area contributed by atoms with Crippen LogP contribution >= 0.6 is 11.8 Å². The van der Waals surface area contributed by atoms with Crippen molar-refractivity contribution in [3.05, 3.63) is 94.4 Å². The Kier molecular flexibility index (Phi) is 29.2. The van der Waals surface area contributed by atoms with Crippen molar-refractivity contribution < 1.29 is 14.6 Å². The van der Waals surface area contributed by atoms with Crippen LogP contribution in [-0.4, -0.2) is 17.7 Å². The minimum atomic E-state index is -0.250. The summed E-state index contributed by atoms with van der Waals surface area (Å²) in [7, 11) is 0. The number of carboxylic acid groups (broad SMARTS) is 1. The summed E-state index contributed by atoms with van der Waals surface area (Å²) in [6.07, 6.45) is 8.51. The average molecular weight is 529 g/mol. The van der Waals surface area contributed by atoms with Gasteiger partial charge in [-0.1, -0.05) is 99.7 Å². The molecule has 0 unspecified atom stereocenters. The molecule has 0 bridgehead atoms. The Bertz CT molecular complexity index is 890. The summed E-state index contributed by atoms with van der Waals surface area (Å²) >= 11 is 1.80. The van der Waals surface area contributed by atoms with Crippen LogP contribution in [0.1, 0.15) is 92.3 Å². The highest BCUT2D eigenvalue weighted by atomic mass is 32.2. The molecule has 37 heavy (non-hydrogen) atoms. The number of carbonyl (C=O) groups is 1. The lowest BCUT2D eigenvalue weighted by molar-refractivity contribution is -0.122. The predicted octanol–water partition coefficient (Wildman–Crippen LogP) is 10.7. The normalized spacial score (nSPS) is 10.2. The van der Waals surface area contributed by atoms with Gasteiger partial charge in [-0.2, -0.15) is 0 Å². The monoisotopic (exact) mass is 528 g/mol. The molecule has 2 rings (SSSR count). The van der Waals surface area contributed by atoms with Crippen molar-refractivity contribution >= 4 is 23.1 Å². The summed E-state index contributed by atoms with van der Waals surface area (Å²) in [5, 5.41) is 9.02. The van der Waals surface area contributed by atoms with E-state index in [2.05, 4.69) is 95.5 Å². The summed E-state index contributed by atoms with van der Waals surface area (Å²) in [5.74, 6) is 0.994. The molecule has 2 aromatic rings. The van der Waals surface area contributed by atoms with Gasteiger partial charge in [0.2, 0.25) is 0 Å². The molecule has 0 aliphatic heterocycles. The number of allylic oxidation sites excluding steroid dienone is 4. The lowest BCUT2D eigenvalue weighted by atomic mass is 10.1. The molecule has 1 atom stereocenters. The van der Waals surface area contributed by atoms with E-state index < -0.39 is 0 Å². The van der Waals surface area contributed by atoms with E-state index in [0.717, 1.165) is 18.6 Å². The third kappa shape index (κ3) is 21.1. The van der Waals surface area contributed by atoms with Crippen LogP contribution in [0.2, 0.25) is 0 Å². The first-order valence-electron chi connectivity index (χ1n) is 13.2. The van der Waals surface area contributed by atoms with E-state index in [-0.39, 0.29) is 6.47 Å². The molecule has 0 heterocycles. The van der Waals surface area contributed by atoms with Crippen LogP contribution in [-0.2, 0) is 11.2 Å². The van der Waals surface area contributed by atoms with Crippen LogP contribution in [0.5, 0.6) is 5.75 Å². The first-order chi connectivity index (χ1) is 17.7. The number of rotatable bonds is 7. The maximum atomic E-state index is 8.36. The van der Waals surface area contributed by atoms with Gasteiger partial charge in [-0.25, -0.2) is 0 Å². The van der Waals surface area contributed by atoms with Crippen molar-refractivity contribution in [2.24, 2.45) is 0 Å². The smallest absolute Gasteiger partial charge is 0.290 e. The number of ether oxygens (including phenoxy) is 1. The zero-order valence-corrected chi connectivity index (χ0v) is 26.0. The molecule has 0 aliphatic carbocycles. The standard InChI is InChI=1S/C14H18S.C12H18O.C4H8.C2H6.CH2O2/c1-5-10-15-14(11(2)3)13-9-7-6-8-12(13)4;1-4-10(3)13-12-8-6-7-11(5-2)9-12;1-3-4-2;1-2;2-1-3/h5-10H,1-4H3;6-10H,4-5H2,1-3H3;3-4H,1-2H3;1-2H3;1H,(H,2,3)/b10-5+;;4-3-;;/t;10-;;;/m.0.../s1. The quantitative estimate of drug-likeness (QED) is 0.287. The molecule has 0 saturated heterocycles. The van der Waals surface area contributed by atoms with Crippen LogP contribution in [0.25, 0.3) is 4.91 Å². The summed E-state index contributed by atoms with van der Waals surface area (Å²) in [5.41, 5.74) is 5.39. The van der Waals surface area contributed by atoms with Gasteiger partial charge in [0.05, 0.1) is 6.10 Å². The molecular formula is C33H52O3S. The highest BCUT2D eigenvalue weighted by Gasteiger charge is 2.05.